The molecule has 2 aromatic carbocycles. The lowest BCUT2D eigenvalue weighted by Crippen LogP contribution is -2.50. The molecule has 3 rings (SSSR count). The maximum absolute atomic E-state index is 12.6. The number of carbonyl (C=O) groups excluding carboxylic acids is 1. The average molecular weight is 437 g/mol. The number of Topliss-reactive ketones (excluding diaryl/α,β-unsaturated/α-hetero) is 1. The highest BCUT2D eigenvalue weighted by Crippen LogP contribution is 2.17. The molecule has 0 bridgehead atoms. The number of carbonyl (C=O) groups is 1. The maximum Gasteiger partial charge on any atom is 0.218 e. The molecule has 0 radical (unpaired) electrons. The van der Waals surface area contributed by atoms with Gasteiger partial charge in [0.05, 0.1) is 12.3 Å². The van der Waals surface area contributed by atoms with Crippen LogP contribution in [0.3, 0.4) is 0 Å². The summed E-state index contributed by atoms with van der Waals surface area (Å²) in [6, 6.07) is 16.5. The van der Waals surface area contributed by atoms with E-state index in [0.29, 0.717) is 38.3 Å². The molecular weight excluding hydrogens is 416 g/mol. The molecule has 0 amide bonds. The number of ketones is 1. The van der Waals surface area contributed by atoms with Gasteiger partial charge in [-0.2, -0.15) is 4.31 Å². The van der Waals surface area contributed by atoms with Crippen molar-refractivity contribution in [3.63, 3.8) is 0 Å². The zero-order valence-corrected chi connectivity index (χ0v) is 16.7. The second-order valence-corrected chi connectivity index (χ2v) is 9.24. The number of hydrogen-bond donors (Lipinski definition) is 0. The Morgan fingerprint density at radius 1 is 0.962 bits per heavy atom. The van der Waals surface area contributed by atoms with Gasteiger partial charge in [0.25, 0.3) is 0 Å². The lowest BCUT2D eigenvalue weighted by atomic mass is 10.1. The lowest BCUT2D eigenvalue weighted by Gasteiger charge is -2.33. The van der Waals surface area contributed by atoms with E-state index >= 15 is 0 Å². The molecule has 0 aromatic heterocycles. The maximum atomic E-state index is 12.6. The van der Waals surface area contributed by atoms with E-state index in [1.807, 2.05) is 47.4 Å². The number of piperazine rings is 1. The first-order chi connectivity index (χ1) is 12.4. The van der Waals surface area contributed by atoms with Crippen molar-refractivity contribution in [3.05, 3.63) is 70.2 Å². The molecule has 0 atom stereocenters. The predicted octanol–water partition coefficient (Wildman–Crippen LogP) is 2.78. The van der Waals surface area contributed by atoms with Gasteiger partial charge in [0.1, 0.15) is 0 Å². The normalized spacial score (nSPS) is 16.5. The molecule has 5 nitrogen and oxygen atoms in total. The fourth-order valence-corrected chi connectivity index (χ4v) is 4.96. The third-order valence-corrected chi connectivity index (χ3v) is 6.77. The highest BCUT2D eigenvalue weighted by molar-refractivity contribution is 9.10. The molecule has 0 unspecified atom stereocenters. The summed E-state index contributed by atoms with van der Waals surface area (Å²) in [5.41, 5.74) is 1.46. The predicted molar refractivity (Wildman–Crippen MR) is 106 cm³/mol. The summed E-state index contributed by atoms with van der Waals surface area (Å²) in [6.07, 6.45) is 0. The number of sulfonamides is 1. The van der Waals surface area contributed by atoms with Gasteiger partial charge >= 0.3 is 0 Å². The fourth-order valence-electron chi connectivity index (χ4n) is 3.01. The van der Waals surface area contributed by atoms with E-state index in [1.54, 1.807) is 12.1 Å². The third kappa shape index (κ3) is 5.01. The van der Waals surface area contributed by atoms with Crippen LogP contribution in [0.2, 0.25) is 0 Å². The van der Waals surface area contributed by atoms with Crippen LogP contribution in [0.1, 0.15) is 15.9 Å². The molecule has 26 heavy (non-hydrogen) atoms. The summed E-state index contributed by atoms with van der Waals surface area (Å²) < 4.78 is 27.7. The molecule has 2 aromatic rings. The Hall–Kier alpha value is -1.54. The van der Waals surface area contributed by atoms with Crippen molar-refractivity contribution in [1.82, 2.24) is 9.21 Å². The zero-order chi connectivity index (χ0) is 18.6. The highest BCUT2D eigenvalue weighted by Gasteiger charge is 2.27. The summed E-state index contributed by atoms with van der Waals surface area (Å²) in [5.74, 6) is 0.0612. The molecule has 138 valence electrons. The van der Waals surface area contributed by atoms with Gasteiger partial charge in [-0.15, -0.1) is 0 Å². The van der Waals surface area contributed by atoms with Gasteiger partial charge in [0.2, 0.25) is 10.0 Å². The smallest absolute Gasteiger partial charge is 0.218 e. The molecule has 1 aliphatic heterocycles. The summed E-state index contributed by atoms with van der Waals surface area (Å²) in [4.78, 5) is 14.3. The van der Waals surface area contributed by atoms with Crippen LogP contribution in [0.5, 0.6) is 0 Å². The van der Waals surface area contributed by atoms with Crippen LogP contribution >= 0.6 is 15.9 Å². The van der Waals surface area contributed by atoms with Crippen molar-refractivity contribution >= 4 is 31.7 Å². The minimum absolute atomic E-state index is 0.00458. The lowest BCUT2D eigenvalue weighted by molar-refractivity contribution is 0.0901. The summed E-state index contributed by atoms with van der Waals surface area (Å²) in [5, 5.41) is 0. The minimum atomic E-state index is -3.36. The molecular formula is C19H21BrN2O3S. The van der Waals surface area contributed by atoms with Crippen LogP contribution in [0.25, 0.3) is 0 Å². The van der Waals surface area contributed by atoms with Crippen molar-refractivity contribution in [3.8, 4) is 0 Å². The Bertz CT molecular complexity index is 863. The first kappa shape index (κ1) is 19.2. The molecule has 1 fully saturated rings. The van der Waals surface area contributed by atoms with Crippen molar-refractivity contribution in [2.75, 3.05) is 32.7 Å². The van der Waals surface area contributed by atoms with Gasteiger partial charge in [-0.25, -0.2) is 8.42 Å². The summed E-state index contributed by atoms with van der Waals surface area (Å²) in [6.45, 7) is 2.28. The van der Waals surface area contributed by atoms with Gasteiger partial charge in [-0.1, -0.05) is 58.4 Å². The molecule has 1 heterocycles. The molecule has 1 aliphatic rings. The Kier molecular flexibility index (Phi) is 6.24. The topological polar surface area (TPSA) is 57.7 Å². The molecule has 0 saturated carbocycles. The van der Waals surface area contributed by atoms with E-state index in [0.717, 1.165) is 10.0 Å². The first-order valence-corrected chi connectivity index (χ1v) is 10.9. The molecule has 0 aliphatic carbocycles. The standard InChI is InChI=1S/C19H21BrN2O3S/c20-18-8-4-5-16(13-18)15-26(24,25)22-11-9-21(10-12-22)14-19(23)17-6-2-1-3-7-17/h1-8,13H,9-12,14-15H2. The van der Waals surface area contributed by atoms with E-state index in [4.69, 9.17) is 0 Å². The highest BCUT2D eigenvalue weighted by atomic mass is 79.9. The summed E-state index contributed by atoms with van der Waals surface area (Å²) in [7, 11) is -3.36. The van der Waals surface area contributed by atoms with Gasteiger partial charge in [0.15, 0.2) is 5.78 Å². The third-order valence-electron chi connectivity index (χ3n) is 4.43. The Morgan fingerprint density at radius 2 is 1.65 bits per heavy atom. The van der Waals surface area contributed by atoms with Crippen molar-refractivity contribution in [2.45, 2.75) is 5.75 Å². The van der Waals surface area contributed by atoms with Crippen LogP contribution in [-0.4, -0.2) is 56.1 Å². The van der Waals surface area contributed by atoms with E-state index < -0.39 is 10.0 Å². The Balaban J connectivity index is 1.55. The van der Waals surface area contributed by atoms with E-state index in [-0.39, 0.29) is 11.5 Å². The van der Waals surface area contributed by atoms with Crippen LogP contribution in [-0.2, 0) is 15.8 Å². The largest absolute Gasteiger partial charge is 0.293 e. The van der Waals surface area contributed by atoms with E-state index in [1.165, 1.54) is 4.31 Å². The van der Waals surface area contributed by atoms with Gasteiger partial charge < -0.3 is 0 Å². The average Bonchev–Trinajstić information content (AvgIpc) is 2.62. The fraction of sp³-hybridized carbons (Fsp3) is 0.316. The number of hydrogen-bond acceptors (Lipinski definition) is 4. The van der Waals surface area contributed by atoms with E-state index in [9.17, 15) is 13.2 Å². The molecule has 0 N–H and O–H groups in total. The van der Waals surface area contributed by atoms with Crippen LogP contribution in [0.4, 0.5) is 0 Å². The van der Waals surface area contributed by atoms with Crippen molar-refractivity contribution < 1.29 is 13.2 Å². The zero-order valence-electron chi connectivity index (χ0n) is 14.3. The molecule has 7 heteroatoms. The van der Waals surface area contributed by atoms with Crippen molar-refractivity contribution in [1.29, 1.82) is 0 Å². The van der Waals surface area contributed by atoms with Crippen LogP contribution in [0, 0.1) is 0 Å². The Labute approximate surface area is 162 Å². The summed E-state index contributed by atoms with van der Waals surface area (Å²) >= 11 is 3.37. The van der Waals surface area contributed by atoms with Gasteiger partial charge in [-0.3, -0.25) is 9.69 Å². The number of benzene rings is 2. The Morgan fingerprint density at radius 3 is 2.31 bits per heavy atom. The number of nitrogens with zero attached hydrogens (tertiary/aromatic N) is 2. The van der Waals surface area contributed by atoms with Crippen molar-refractivity contribution in [2.24, 2.45) is 0 Å². The van der Waals surface area contributed by atoms with Gasteiger partial charge in [-0.05, 0) is 17.7 Å². The molecule has 0 spiro atoms. The second-order valence-electron chi connectivity index (χ2n) is 6.35. The van der Waals surface area contributed by atoms with E-state index in [2.05, 4.69) is 15.9 Å². The number of halogens is 1. The minimum Gasteiger partial charge on any atom is -0.293 e. The monoisotopic (exact) mass is 436 g/mol. The van der Waals surface area contributed by atoms with Gasteiger partial charge in [0, 0.05) is 36.2 Å². The van der Waals surface area contributed by atoms with Crippen LogP contribution < -0.4 is 0 Å². The SMILES string of the molecule is O=C(CN1CCN(S(=O)(=O)Cc2cccc(Br)c2)CC1)c1ccccc1. The van der Waals surface area contributed by atoms with Crippen LogP contribution in [0.15, 0.2) is 59.1 Å². The molecule has 1 saturated heterocycles. The second kappa shape index (κ2) is 8.43. The number of rotatable bonds is 6. The quantitative estimate of drug-likeness (QED) is 0.653. The first-order valence-electron chi connectivity index (χ1n) is 8.47.